The highest BCUT2D eigenvalue weighted by molar-refractivity contribution is 7.89. The van der Waals surface area contributed by atoms with Crippen LogP contribution in [0.2, 0.25) is 0 Å². The first kappa shape index (κ1) is 18.1. The highest BCUT2D eigenvalue weighted by atomic mass is 32.2. The maximum Gasteiger partial charge on any atom is 0.240 e. The molecule has 23 heavy (non-hydrogen) atoms. The minimum absolute atomic E-state index is 0.0116. The molecule has 0 heterocycles. The lowest BCUT2D eigenvalue weighted by atomic mass is 10.0. The Labute approximate surface area is 135 Å². The minimum atomic E-state index is -3.85. The Kier molecular flexibility index (Phi) is 5.96. The van der Waals surface area contributed by atoms with E-state index >= 15 is 0 Å². The molecule has 0 aliphatic heterocycles. The minimum Gasteiger partial charge on any atom is -0.494 e. The molecule has 1 fully saturated rings. The van der Waals surface area contributed by atoms with E-state index in [1.165, 1.54) is 19.2 Å². The second kappa shape index (κ2) is 7.57. The Bertz CT molecular complexity index is 629. The molecule has 1 aromatic rings. The summed E-state index contributed by atoms with van der Waals surface area (Å²) in [5.74, 6) is -0.745. The summed E-state index contributed by atoms with van der Waals surface area (Å²) in [5.41, 5.74) is -0.596. The molecule has 1 aromatic carbocycles. The zero-order valence-electron chi connectivity index (χ0n) is 13.0. The summed E-state index contributed by atoms with van der Waals surface area (Å²) in [6.45, 7) is 0.153. The number of hydrogen-bond acceptors (Lipinski definition) is 5. The van der Waals surface area contributed by atoms with Crippen LogP contribution in [-0.2, 0) is 14.8 Å². The van der Waals surface area contributed by atoms with Gasteiger partial charge < -0.3 is 14.6 Å². The average molecular weight is 347 g/mol. The molecular formula is C15H22FNO5S. The Balaban J connectivity index is 2.09. The number of benzene rings is 1. The molecule has 1 aliphatic carbocycles. The molecule has 0 radical (unpaired) electrons. The summed E-state index contributed by atoms with van der Waals surface area (Å²) >= 11 is 0. The summed E-state index contributed by atoms with van der Waals surface area (Å²) in [7, 11) is -2.53. The van der Waals surface area contributed by atoms with E-state index in [4.69, 9.17) is 14.6 Å². The number of halogens is 1. The third-order valence-electron chi connectivity index (χ3n) is 4.03. The van der Waals surface area contributed by atoms with E-state index in [2.05, 4.69) is 4.72 Å². The maximum absolute atomic E-state index is 13.7. The van der Waals surface area contributed by atoms with E-state index in [0.29, 0.717) is 0 Å². The fourth-order valence-electron chi connectivity index (χ4n) is 2.78. The van der Waals surface area contributed by atoms with Crippen molar-refractivity contribution in [2.24, 2.45) is 0 Å². The molecule has 1 aliphatic rings. The summed E-state index contributed by atoms with van der Waals surface area (Å²) in [6, 6.07) is 3.49. The molecule has 0 unspecified atom stereocenters. The van der Waals surface area contributed by atoms with Crippen LogP contribution in [0.25, 0.3) is 0 Å². The van der Waals surface area contributed by atoms with Gasteiger partial charge in [-0.2, -0.15) is 0 Å². The molecule has 0 saturated heterocycles. The van der Waals surface area contributed by atoms with Gasteiger partial charge in [0, 0.05) is 6.54 Å². The van der Waals surface area contributed by atoms with Gasteiger partial charge in [0.05, 0.1) is 30.8 Å². The summed E-state index contributed by atoms with van der Waals surface area (Å²) in [5, 5.41) is 8.91. The van der Waals surface area contributed by atoms with Crippen LogP contribution in [-0.4, -0.2) is 46.0 Å². The van der Waals surface area contributed by atoms with E-state index in [0.717, 1.165) is 31.7 Å². The van der Waals surface area contributed by atoms with E-state index in [1.807, 2.05) is 0 Å². The van der Waals surface area contributed by atoms with Gasteiger partial charge in [-0.05, 0) is 31.0 Å². The standard InChI is InChI=1S/C15H22FNO5S/c1-21-14-5-4-12(10-13(14)16)23(19,20)17-11-15(22-9-8-18)6-2-3-7-15/h4-5,10,17-18H,2-3,6-9,11H2,1H3. The first-order chi connectivity index (χ1) is 10.9. The SMILES string of the molecule is COc1ccc(S(=O)(=O)NCC2(OCCO)CCCC2)cc1F. The predicted octanol–water partition coefficient (Wildman–Crippen LogP) is 1.43. The van der Waals surface area contributed by atoms with Gasteiger partial charge in [0.1, 0.15) is 0 Å². The molecule has 6 nitrogen and oxygen atoms in total. The van der Waals surface area contributed by atoms with Gasteiger partial charge in [-0.3, -0.25) is 0 Å². The first-order valence-electron chi connectivity index (χ1n) is 7.50. The van der Waals surface area contributed by atoms with Gasteiger partial charge in [-0.1, -0.05) is 12.8 Å². The highest BCUT2D eigenvalue weighted by Crippen LogP contribution is 2.33. The van der Waals surface area contributed by atoms with Gasteiger partial charge in [0.2, 0.25) is 10.0 Å². The second-order valence-corrected chi connectivity index (χ2v) is 7.35. The van der Waals surface area contributed by atoms with E-state index in [1.54, 1.807) is 0 Å². The lowest BCUT2D eigenvalue weighted by molar-refractivity contribution is -0.0492. The lowest BCUT2D eigenvalue weighted by Gasteiger charge is -2.29. The van der Waals surface area contributed by atoms with Crippen LogP contribution in [0.4, 0.5) is 4.39 Å². The van der Waals surface area contributed by atoms with Crippen LogP contribution in [0.3, 0.4) is 0 Å². The zero-order chi connectivity index (χ0) is 16.9. The third kappa shape index (κ3) is 4.41. The summed E-state index contributed by atoms with van der Waals surface area (Å²) < 4.78 is 51.3. The Hall–Kier alpha value is -1.22. The lowest BCUT2D eigenvalue weighted by Crippen LogP contribution is -2.43. The van der Waals surface area contributed by atoms with Crippen molar-refractivity contribution in [1.82, 2.24) is 4.72 Å². The van der Waals surface area contributed by atoms with E-state index < -0.39 is 21.4 Å². The topological polar surface area (TPSA) is 84.9 Å². The highest BCUT2D eigenvalue weighted by Gasteiger charge is 2.36. The van der Waals surface area contributed by atoms with Crippen molar-refractivity contribution in [3.63, 3.8) is 0 Å². The zero-order valence-corrected chi connectivity index (χ0v) is 13.9. The van der Waals surface area contributed by atoms with Crippen molar-refractivity contribution in [2.75, 3.05) is 26.9 Å². The fraction of sp³-hybridized carbons (Fsp3) is 0.600. The first-order valence-corrected chi connectivity index (χ1v) is 8.99. The maximum atomic E-state index is 13.7. The molecule has 0 aromatic heterocycles. The normalized spacial score (nSPS) is 17.3. The number of methoxy groups -OCH3 is 1. The van der Waals surface area contributed by atoms with E-state index in [-0.39, 0.29) is 30.4 Å². The van der Waals surface area contributed by atoms with Crippen LogP contribution >= 0.6 is 0 Å². The van der Waals surface area contributed by atoms with Crippen molar-refractivity contribution in [3.05, 3.63) is 24.0 Å². The number of hydrogen-bond donors (Lipinski definition) is 2. The van der Waals surface area contributed by atoms with E-state index in [9.17, 15) is 12.8 Å². The number of nitrogens with one attached hydrogen (secondary N) is 1. The Morgan fingerprint density at radius 2 is 2.04 bits per heavy atom. The van der Waals surface area contributed by atoms with Crippen molar-refractivity contribution >= 4 is 10.0 Å². The molecule has 2 N–H and O–H groups in total. The van der Waals surface area contributed by atoms with Crippen molar-refractivity contribution in [2.45, 2.75) is 36.2 Å². The molecule has 0 amide bonds. The molecule has 130 valence electrons. The fourth-order valence-corrected chi connectivity index (χ4v) is 3.90. The van der Waals surface area contributed by atoms with Gasteiger partial charge in [-0.15, -0.1) is 0 Å². The van der Waals surface area contributed by atoms with Gasteiger partial charge in [-0.25, -0.2) is 17.5 Å². The van der Waals surface area contributed by atoms with Gasteiger partial charge in [0.15, 0.2) is 11.6 Å². The predicted molar refractivity (Wildman–Crippen MR) is 82.4 cm³/mol. The van der Waals surface area contributed by atoms with Crippen LogP contribution in [0.1, 0.15) is 25.7 Å². The molecule has 0 bridgehead atoms. The quantitative estimate of drug-likeness (QED) is 0.743. The number of aliphatic hydroxyl groups is 1. The Morgan fingerprint density at radius 3 is 2.61 bits per heavy atom. The van der Waals surface area contributed by atoms with Crippen molar-refractivity contribution in [1.29, 1.82) is 0 Å². The number of rotatable bonds is 8. The van der Waals surface area contributed by atoms with Crippen molar-refractivity contribution < 1.29 is 27.4 Å². The molecular weight excluding hydrogens is 325 g/mol. The summed E-state index contributed by atoms with van der Waals surface area (Å²) in [6.07, 6.45) is 3.35. The largest absolute Gasteiger partial charge is 0.494 e. The number of aliphatic hydroxyl groups excluding tert-OH is 1. The molecule has 1 saturated carbocycles. The van der Waals surface area contributed by atoms with Gasteiger partial charge in [0.25, 0.3) is 0 Å². The van der Waals surface area contributed by atoms with Crippen LogP contribution in [0, 0.1) is 5.82 Å². The molecule has 2 rings (SSSR count). The Morgan fingerprint density at radius 1 is 1.35 bits per heavy atom. The molecule has 8 heteroatoms. The third-order valence-corrected chi connectivity index (χ3v) is 5.43. The molecule has 0 atom stereocenters. The smallest absolute Gasteiger partial charge is 0.240 e. The molecule has 0 spiro atoms. The van der Waals surface area contributed by atoms with Crippen LogP contribution < -0.4 is 9.46 Å². The monoisotopic (exact) mass is 347 g/mol. The summed E-state index contributed by atoms with van der Waals surface area (Å²) in [4.78, 5) is -0.161. The number of sulfonamides is 1. The average Bonchev–Trinajstić information content (AvgIpc) is 3.00. The van der Waals surface area contributed by atoms with Crippen LogP contribution in [0.5, 0.6) is 5.75 Å². The van der Waals surface area contributed by atoms with Gasteiger partial charge >= 0.3 is 0 Å². The number of ether oxygens (including phenoxy) is 2. The van der Waals surface area contributed by atoms with Crippen molar-refractivity contribution in [3.8, 4) is 5.75 Å². The van der Waals surface area contributed by atoms with Crippen LogP contribution in [0.15, 0.2) is 23.1 Å². The second-order valence-electron chi connectivity index (χ2n) is 5.58.